The second-order valence-corrected chi connectivity index (χ2v) is 7.85. The Kier molecular flexibility index (Phi) is 6.29. The minimum absolute atomic E-state index is 0.118. The minimum atomic E-state index is -0.827. The zero-order chi connectivity index (χ0) is 25.8. The number of nitriles is 1. The first-order chi connectivity index (χ1) is 18.0. The molecule has 3 heterocycles. The standard InChI is InChI=1S/C26H18N6O5/c27-14-18(26(33)29-21-12-23-24(37-10-9-36-23)13-22(21)32(34)35)11-19-16-31(20-6-2-1-3-7-20)30-25(19)17-5-4-8-28-15-17/h1-8,11-13,15-16H,9-10H2,(H,29,33)/b18-11+. The number of nitro groups is 1. The van der Waals surface area contributed by atoms with Crippen molar-refractivity contribution in [1.82, 2.24) is 14.8 Å². The number of nitrogens with zero attached hydrogens (tertiary/aromatic N) is 5. The number of pyridine rings is 1. The van der Waals surface area contributed by atoms with E-state index in [4.69, 9.17) is 9.47 Å². The van der Waals surface area contributed by atoms with Gasteiger partial charge in [0.25, 0.3) is 11.6 Å². The molecule has 182 valence electrons. The number of fused-ring (bicyclic) bond motifs is 1. The number of amides is 1. The Morgan fingerprint density at radius 2 is 1.89 bits per heavy atom. The van der Waals surface area contributed by atoms with Gasteiger partial charge in [-0.3, -0.25) is 19.9 Å². The largest absolute Gasteiger partial charge is 0.486 e. The van der Waals surface area contributed by atoms with E-state index >= 15 is 0 Å². The van der Waals surface area contributed by atoms with Crippen LogP contribution in [0.2, 0.25) is 0 Å². The van der Waals surface area contributed by atoms with Gasteiger partial charge in [-0.15, -0.1) is 0 Å². The molecule has 0 bridgehead atoms. The number of para-hydroxylation sites is 1. The van der Waals surface area contributed by atoms with Gasteiger partial charge in [-0.05, 0) is 30.3 Å². The van der Waals surface area contributed by atoms with Crippen LogP contribution in [0.3, 0.4) is 0 Å². The van der Waals surface area contributed by atoms with Crippen molar-refractivity contribution in [3.63, 3.8) is 0 Å². The molecule has 2 aromatic heterocycles. The van der Waals surface area contributed by atoms with Crippen molar-refractivity contribution in [2.24, 2.45) is 0 Å². The van der Waals surface area contributed by atoms with Crippen LogP contribution in [0.15, 0.2) is 78.8 Å². The van der Waals surface area contributed by atoms with Gasteiger partial charge in [0.05, 0.1) is 16.7 Å². The Hall–Kier alpha value is -5.50. The average molecular weight is 494 g/mol. The van der Waals surface area contributed by atoms with Crippen molar-refractivity contribution in [2.45, 2.75) is 0 Å². The van der Waals surface area contributed by atoms with Crippen LogP contribution in [-0.4, -0.2) is 38.8 Å². The normalized spacial score (nSPS) is 12.5. The summed E-state index contributed by atoms with van der Waals surface area (Å²) in [7, 11) is 0. The van der Waals surface area contributed by atoms with Crippen molar-refractivity contribution in [1.29, 1.82) is 5.26 Å². The van der Waals surface area contributed by atoms with E-state index in [0.717, 1.165) is 5.69 Å². The number of nitrogens with one attached hydrogen (secondary N) is 1. The molecule has 1 aliphatic rings. The van der Waals surface area contributed by atoms with E-state index in [9.17, 15) is 20.2 Å². The number of nitro benzene ring substituents is 1. The molecular weight excluding hydrogens is 476 g/mol. The summed E-state index contributed by atoms with van der Waals surface area (Å²) in [6, 6.07) is 17.3. The smallest absolute Gasteiger partial charge is 0.296 e. The maximum absolute atomic E-state index is 13.1. The zero-order valence-electron chi connectivity index (χ0n) is 19.2. The van der Waals surface area contributed by atoms with Gasteiger partial charge in [-0.25, -0.2) is 4.68 Å². The van der Waals surface area contributed by atoms with Crippen LogP contribution >= 0.6 is 0 Å². The van der Waals surface area contributed by atoms with Gasteiger partial charge in [0.1, 0.15) is 36.2 Å². The second-order valence-electron chi connectivity index (χ2n) is 7.85. The van der Waals surface area contributed by atoms with E-state index in [1.807, 2.05) is 42.5 Å². The zero-order valence-corrected chi connectivity index (χ0v) is 19.2. The molecule has 1 N–H and O–H groups in total. The summed E-state index contributed by atoms with van der Waals surface area (Å²) in [5.74, 6) is -0.356. The summed E-state index contributed by atoms with van der Waals surface area (Å²) in [5, 5.41) is 28.5. The second kappa shape index (κ2) is 10.0. The quantitative estimate of drug-likeness (QED) is 0.182. The fourth-order valence-corrected chi connectivity index (χ4v) is 3.76. The lowest BCUT2D eigenvalue weighted by molar-refractivity contribution is -0.384. The SMILES string of the molecule is N#C/C(=C\c1cn(-c2ccccc2)nc1-c1cccnc1)C(=O)Nc1cc2c(cc1[N+](=O)[O-])OCCO2. The van der Waals surface area contributed by atoms with Crippen LogP contribution in [0, 0.1) is 21.4 Å². The first-order valence-corrected chi connectivity index (χ1v) is 11.1. The summed E-state index contributed by atoms with van der Waals surface area (Å²) in [6.07, 6.45) is 6.32. The van der Waals surface area contributed by atoms with Gasteiger partial charge >= 0.3 is 0 Å². The highest BCUT2D eigenvalue weighted by Crippen LogP contribution is 2.39. The number of anilines is 1. The number of aromatic nitrogens is 3. The predicted octanol–water partition coefficient (Wildman–Crippen LogP) is 4.16. The lowest BCUT2D eigenvalue weighted by Crippen LogP contribution is -2.18. The summed E-state index contributed by atoms with van der Waals surface area (Å²) >= 11 is 0. The molecule has 2 aromatic carbocycles. The highest BCUT2D eigenvalue weighted by atomic mass is 16.6. The summed E-state index contributed by atoms with van der Waals surface area (Å²) in [4.78, 5) is 28.2. The Labute approximate surface area is 210 Å². The molecule has 0 saturated heterocycles. The maximum atomic E-state index is 13.1. The molecule has 0 saturated carbocycles. The highest BCUT2D eigenvalue weighted by molar-refractivity contribution is 6.11. The van der Waals surface area contributed by atoms with Gasteiger partial charge in [-0.2, -0.15) is 10.4 Å². The topological polar surface area (TPSA) is 145 Å². The molecule has 4 aromatic rings. The number of carbonyl (C=O) groups is 1. The van der Waals surface area contributed by atoms with Gasteiger partial charge in [0, 0.05) is 35.8 Å². The molecule has 0 spiro atoms. The van der Waals surface area contributed by atoms with Gasteiger partial charge < -0.3 is 14.8 Å². The lowest BCUT2D eigenvalue weighted by atomic mass is 10.1. The van der Waals surface area contributed by atoms with Crippen LogP contribution in [0.4, 0.5) is 11.4 Å². The number of benzene rings is 2. The summed E-state index contributed by atoms with van der Waals surface area (Å²) in [5.41, 5.74) is 1.67. The van der Waals surface area contributed by atoms with Gasteiger partial charge in [0.15, 0.2) is 11.5 Å². The van der Waals surface area contributed by atoms with Crippen LogP contribution in [0.5, 0.6) is 11.5 Å². The first kappa shape index (κ1) is 23.3. The molecule has 37 heavy (non-hydrogen) atoms. The number of rotatable bonds is 6. The lowest BCUT2D eigenvalue weighted by Gasteiger charge is -2.19. The Balaban J connectivity index is 1.53. The molecule has 5 rings (SSSR count). The molecular formula is C26H18N6O5. The monoisotopic (exact) mass is 494 g/mol. The molecule has 11 nitrogen and oxygen atoms in total. The van der Waals surface area contributed by atoms with E-state index in [0.29, 0.717) is 16.8 Å². The molecule has 1 amide bonds. The molecule has 1 aliphatic heterocycles. The van der Waals surface area contributed by atoms with E-state index < -0.39 is 10.8 Å². The van der Waals surface area contributed by atoms with E-state index in [1.165, 1.54) is 18.2 Å². The van der Waals surface area contributed by atoms with Crippen molar-refractivity contribution in [3.05, 3.63) is 94.4 Å². The van der Waals surface area contributed by atoms with E-state index in [2.05, 4.69) is 15.4 Å². The Morgan fingerprint density at radius 1 is 1.14 bits per heavy atom. The fourth-order valence-electron chi connectivity index (χ4n) is 3.76. The van der Waals surface area contributed by atoms with Crippen LogP contribution in [-0.2, 0) is 4.79 Å². The van der Waals surface area contributed by atoms with Crippen molar-refractivity contribution in [2.75, 3.05) is 18.5 Å². The third-order valence-corrected chi connectivity index (χ3v) is 5.47. The van der Waals surface area contributed by atoms with Crippen LogP contribution in [0.1, 0.15) is 5.56 Å². The predicted molar refractivity (Wildman–Crippen MR) is 133 cm³/mol. The molecule has 0 radical (unpaired) electrons. The first-order valence-electron chi connectivity index (χ1n) is 11.1. The molecule has 0 fully saturated rings. The summed E-state index contributed by atoms with van der Waals surface area (Å²) < 4.78 is 12.5. The van der Waals surface area contributed by atoms with Crippen LogP contribution in [0.25, 0.3) is 23.0 Å². The Bertz CT molecular complexity index is 1560. The fraction of sp³-hybridized carbons (Fsp3) is 0.0769. The van der Waals surface area contributed by atoms with Crippen molar-refractivity contribution >= 4 is 23.4 Å². The van der Waals surface area contributed by atoms with Gasteiger partial charge in [0.2, 0.25) is 0 Å². The minimum Gasteiger partial charge on any atom is -0.486 e. The van der Waals surface area contributed by atoms with Crippen LogP contribution < -0.4 is 14.8 Å². The van der Waals surface area contributed by atoms with E-state index in [-0.39, 0.29) is 41.7 Å². The number of carbonyl (C=O) groups excluding carboxylic acids is 1. The molecule has 0 aliphatic carbocycles. The third-order valence-electron chi connectivity index (χ3n) is 5.47. The van der Waals surface area contributed by atoms with Gasteiger partial charge in [-0.1, -0.05) is 18.2 Å². The van der Waals surface area contributed by atoms with Crippen molar-refractivity contribution < 1.29 is 19.2 Å². The number of hydrogen-bond donors (Lipinski definition) is 1. The molecule has 0 atom stereocenters. The van der Waals surface area contributed by atoms with Crippen molar-refractivity contribution in [3.8, 4) is 34.5 Å². The molecule has 0 unspecified atom stereocenters. The maximum Gasteiger partial charge on any atom is 0.296 e. The number of ether oxygens (including phenoxy) is 2. The van der Waals surface area contributed by atoms with E-state index in [1.54, 1.807) is 29.3 Å². The third kappa shape index (κ3) is 4.85. The Morgan fingerprint density at radius 3 is 2.57 bits per heavy atom. The average Bonchev–Trinajstić information content (AvgIpc) is 3.36. The highest BCUT2D eigenvalue weighted by Gasteiger charge is 2.25. The molecule has 11 heteroatoms. The summed E-state index contributed by atoms with van der Waals surface area (Å²) in [6.45, 7) is 0.525. The number of hydrogen-bond acceptors (Lipinski definition) is 8.